The second kappa shape index (κ2) is 7.61. The van der Waals surface area contributed by atoms with Gasteiger partial charge in [-0.05, 0) is 30.2 Å². The van der Waals surface area contributed by atoms with Gasteiger partial charge in [-0.15, -0.1) is 0 Å². The van der Waals surface area contributed by atoms with Crippen molar-refractivity contribution in [3.8, 4) is 5.75 Å². The van der Waals surface area contributed by atoms with Gasteiger partial charge in [0.1, 0.15) is 16.1 Å². The Labute approximate surface area is 144 Å². The summed E-state index contributed by atoms with van der Waals surface area (Å²) < 4.78 is 10.2. The van der Waals surface area contributed by atoms with E-state index in [1.54, 1.807) is 13.2 Å². The summed E-state index contributed by atoms with van der Waals surface area (Å²) in [5.41, 5.74) is 0.859. The fourth-order valence-corrected chi connectivity index (χ4v) is 3.55. The summed E-state index contributed by atoms with van der Waals surface area (Å²) in [6, 6.07) is 6.65. The molecule has 0 aromatic heterocycles. The fraction of sp³-hybridized carbons (Fsp3) is 0.312. The standard InChI is InChI=1S/C16H17NO4S2/c1-4-12(15(19)21-3)17-14(18)13(23-16(17)22)9-10-5-7-11(20-2)8-6-10/h5-9,12H,4H2,1-3H3/t12-/m1/s1. The second-order valence-electron chi connectivity index (χ2n) is 4.77. The van der Waals surface area contributed by atoms with Gasteiger partial charge in [0.25, 0.3) is 5.91 Å². The molecule has 0 N–H and O–H groups in total. The first kappa shape index (κ1) is 17.5. The predicted octanol–water partition coefficient (Wildman–Crippen LogP) is 2.85. The van der Waals surface area contributed by atoms with E-state index in [1.807, 2.05) is 31.2 Å². The van der Waals surface area contributed by atoms with Crippen molar-refractivity contribution in [3.63, 3.8) is 0 Å². The van der Waals surface area contributed by atoms with E-state index in [0.717, 1.165) is 11.3 Å². The molecule has 5 nitrogen and oxygen atoms in total. The molecule has 1 aromatic rings. The summed E-state index contributed by atoms with van der Waals surface area (Å²) in [4.78, 5) is 26.2. The number of ether oxygens (including phenoxy) is 2. The molecule has 1 aromatic carbocycles. The van der Waals surface area contributed by atoms with Crippen LogP contribution in [-0.2, 0) is 14.3 Å². The van der Waals surface area contributed by atoms with Crippen LogP contribution in [0.25, 0.3) is 6.08 Å². The summed E-state index contributed by atoms with van der Waals surface area (Å²) in [7, 11) is 2.90. The summed E-state index contributed by atoms with van der Waals surface area (Å²) >= 11 is 6.45. The Bertz CT molecular complexity index is 655. The van der Waals surface area contributed by atoms with Gasteiger partial charge in [0.2, 0.25) is 0 Å². The highest BCUT2D eigenvalue weighted by atomic mass is 32.2. The third-order valence-corrected chi connectivity index (χ3v) is 4.74. The van der Waals surface area contributed by atoms with Crippen molar-refractivity contribution in [2.45, 2.75) is 19.4 Å². The van der Waals surface area contributed by atoms with E-state index in [2.05, 4.69) is 0 Å². The number of thioether (sulfide) groups is 1. The molecule has 0 spiro atoms. The van der Waals surface area contributed by atoms with Gasteiger partial charge in [-0.3, -0.25) is 9.69 Å². The Hall–Kier alpha value is -1.86. The molecule has 122 valence electrons. The molecule has 23 heavy (non-hydrogen) atoms. The number of nitrogens with zero attached hydrogens (tertiary/aromatic N) is 1. The molecule has 1 aliphatic rings. The number of carbonyl (C=O) groups excluding carboxylic acids is 2. The summed E-state index contributed by atoms with van der Waals surface area (Å²) in [5.74, 6) is 0.00834. The van der Waals surface area contributed by atoms with Gasteiger partial charge in [-0.25, -0.2) is 4.79 Å². The molecule has 1 saturated heterocycles. The second-order valence-corrected chi connectivity index (χ2v) is 6.45. The van der Waals surface area contributed by atoms with Gasteiger partial charge in [-0.1, -0.05) is 43.0 Å². The first-order valence-electron chi connectivity index (χ1n) is 7.00. The lowest BCUT2D eigenvalue weighted by Gasteiger charge is -2.23. The van der Waals surface area contributed by atoms with E-state index in [0.29, 0.717) is 15.6 Å². The van der Waals surface area contributed by atoms with Crippen LogP contribution in [0.15, 0.2) is 29.2 Å². The first-order valence-corrected chi connectivity index (χ1v) is 8.23. The number of rotatable bonds is 5. The monoisotopic (exact) mass is 351 g/mol. The number of esters is 1. The quantitative estimate of drug-likeness (QED) is 0.462. The Morgan fingerprint density at radius 1 is 1.35 bits per heavy atom. The van der Waals surface area contributed by atoms with Crippen LogP contribution in [0, 0.1) is 0 Å². The molecule has 2 rings (SSSR count). The van der Waals surface area contributed by atoms with E-state index in [4.69, 9.17) is 21.7 Å². The van der Waals surface area contributed by atoms with Crippen LogP contribution >= 0.6 is 24.0 Å². The Kier molecular flexibility index (Phi) is 5.79. The van der Waals surface area contributed by atoms with Crippen LogP contribution in [0.2, 0.25) is 0 Å². The lowest BCUT2D eigenvalue weighted by Crippen LogP contribution is -2.44. The molecule has 1 fully saturated rings. The van der Waals surface area contributed by atoms with Crippen molar-refractivity contribution in [1.82, 2.24) is 4.90 Å². The minimum Gasteiger partial charge on any atom is -0.497 e. The van der Waals surface area contributed by atoms with Gasteiger partial charge in [0, 0.05) is 0 Å². The normalized spacial score (nSPS) is 17.5. The average molecular weight is 351 g/mol. The lowest BCUT2D eigenvalue weighted by atomic mass is 10.1. The molecular formula is C16H17NO4S2. The Morgan fingerprint density at radius 3 is 2.52 bits per heavy atom. The zero-order valence-corrected chi connectivity index (χ0v) is 14.7. The molecule has 1 heterocycles. The van der Waals surface area contributed by atoms with Crippen molar-refractivity contribution in [2.24, 2.45) is 0 Å². The van der Waals surface area contributed by atoms with Gasteiger partial charge in [0.05, 0.1) is 19.1 Å². The largest absolute Gasteiger partial charge is 0.497 e. The molecule has 0 aliphatic carbocycles. The average Bonchev–Trinajstić information content (AvgIpc) is 2.83. The van der Waals surface area contributed by atoms with Gasteiger partial charge in [-0.2, -0.15) is 0 Å². The Balaban J connectivity index is 2.26. The highest BCUT2D eigenvalue weighted by Crippen LogP contribution is 2.35. The van der Waals surface area contributed by atoms with Crippen molar-refractivity contribution < 1.29 is 19.1 Å². The fourth-order valence-electron chi connectivity index (χ4n) is 2.19. The number of hydrogen-bond acceptors (Lipinski definition) is 6. The van der Waals surface area contributed by atoms with Crippen molar-refractivity contribution in [2.75, 3.05) is 14.2 Å². The van der Waals surface area contributed by atoms with Crippen LogP contribution in [0.4, 0.5) is 0 Å². The van der Waals surface area contributed by atoms with Crippen LogP contribution < -0.4 is 4.74 Å². The first-order chi connectivity index (χ1) is 11.0. The molecule has 0 unspecified atom stereocenters. The number of carbonyl (C=O) groups is 2. The van der Waals surface area contributed by atoms with E-state index >= 15 is 0 Å². The molecule has 1 amide bonds. The van der Waals surface area contributed by atoms with E-state index < -0.39 is 12.0 Å². The number of hydrogen-bond donors (Lipinski definition) is 0. The van der Waals surface area contributed by atoms with Crippen LogP contribution in [-0.4, -0.2) is 41.4 Å². The molecule has 0 radical (unpaired) electrons. The number of thiocarbonyl (C=S) groups is 1. The van der Waals surface area contributed by atoms with Crippen molar-refractivity contribution in [1.29, 1.82) is 0 Å². The molecule has 0 saturated carbocycles. The lowest BCUT2D eigenvalue weighted by molar-refractivity contribution is -0.148. The predicted molar refractivity (Wildman–Crippen MR) is 94.1 cm³/mol. The number of benzene rings is 1. The maximum absolute atomic E-state index is 12.6. The SMILES string of the molecule is CC[C@H](C(=O)OC)N1C(=O)C(=Cc2ccc(OC)cc2)SC1=S. The molecule has 0 bridgehead atoms. The van der Waals surface area contributed by atoms with Crippen LogP contribution in [0.1, 0.15) is 18.9 Å². The minimum atomic E-state index is -0.686. The molecule has 7 heteroatoms. The highest BCUT2D eigenvalue weighted by molar-refractivity contribution is 8.26. The topological polar surface area (TPSA) is 55.8 Å². The van der Waals surface area contributed by atoms with Crippen molar-refractivity contribution in [3.05, 3.63) is 34.7 Å². The third kappa shape index (κ3) is 3.73. The molecular weight excluding hydrogens is 334 g/mol. The third-order valence-electron chi connectivity index (χ3n) is 3.41. The van der Waals surface area contributed by atoms with Crippen molar-refractivity contribution >= 4 is 46.3 Å². The van der Waals surface area contributed by atoms with E-state index in [-0.39, 0.29) is 5.91 Å². The van der Waals surface area contributed by atoms with E-state index in [1.165, 1.54) is 23.8 Å². The minimum absolute atomic E-state index is 0.270. The highest BCUT2D eigenvalue weighted by Gasteiger charge is 2.40. The molecule has 1 aliphatic heterocycles. The zero-order chi connectivity index (χ0) is 17.0. The maximum atomic E-state index is 12.6. The van der Waals surface area contributed by atoms with Crippen LogP contribution in [0.3, 0.4) is 0 Å². The summed E-state index contributed by atoms with van der Waals surface area (Å²) in [6.07, 6.45) is 2.19. The summed E-state index contributed by atoms with van der Waals surface area (Å²) in [6.45, 7) is 1.81. The molecule has 1 atom stereocenters. The smallest absolute Gasteiger partial charge is 0.329 e. The number of methoxy groups -OCH3 is 2. The van der Waals surface area contributed by atoms with Gasteiger partial charge in [0.15, 0.2) is 0 Å². The number of amides is 1. The maximum Gasteiger partial charge on any atom is 0.329 e. The Morgan fingerprint density at radius 2 is 2.00 bits per heavy atom. The van der Waals surface area contributed by atoms with Gasteiger partial charge >= 0.3 is 5.97 Å². The van der Waals surface area contributed by atoms with Crippen LogP contribution in [0.5, 0.6) is 5.75 Å². The van der Waals surface area contributed by atoms with E-state index in [9.17, 15) is 9.59 Å². The zero-order valence-electron chi connectivity index (χ0n) is 13.1. The van der Waals surface area contributed by atoms with Gasteiger partial charge < -0.3 is 9.47 Å². The summed E-state index contributed by atoms with van der Waals surface area (Å²) in [5, 5.41) is 0.